The van der Waals surface area contributed by atoms with E-state index in [0.29, 0.717) is 12.3 Å². The Morgan fingerprint density at radius 3 is 2.79 bits per heavy atom. The molecular formula is C22H32N4O2. The van der Waals surface area contributed by atoms with E-state index in [9.17, 15) is 4.79 Å². The van der Waals surface area contributed by atoms with Crippen molar-refractivity contribution in [2.75, 3.05) is 51.3 Å². The summed E-state index contributed by atoms with van der Waals surface area (Å²) in [5, 5.41) is 7.64. The number of rotatable bonds is 7. The van der Waals surface area contributed by atoms with Crippen molar-refractivity contribution in [2.45, 2.75) is 32.2 Å². The molecule has 1 aromatic carbocycles. The highest BCUT2D eigenvalue weighted by Crippen LogP contribution is 2.22. The molecule has 0 spiro atoms. The third kappa shape index (κ3) is 5.13. The van der Waals surface area contributed by atoms with Gasteiger partial charge in [0, 0.05) is 55.4 Å². The molecule has 0 saturated carbocycles. The number of benzene rings is 1. The normalized spacial score (nSPS) is 19.1. The summed E-state index contributed by atoms with van der Waals surface area (Å²) < 4.78 is 7.72. The Bertz CT molecular complexity index is 776. The number of morpholine rings is 1. The van der Waals surface area contributed by atoms with Crippen LogP contribution in [0.5, 0.6) is 0 Å². The highest BCUT2D eigenvalue weighted by molar-refractivity contribution is 5.93. The van der Waals surface area contributed by atoms with Gasteiger partial charge in [-0.25, -0.2) is 0 Å². The predicted molar refractivity (Wildman–Crippen MR) is 113 cm³/mol. The molecule has 152 valence electrons. The summed E-state index contributed by atoms with van der Waals surface area (Å²) in [5.74, 6) is 0.819. The molecule has 3 heterocycles. The zero-order valence-electron chi connectivity index (χ0n) is 16.7. The molecule has 6 nitrogen and oxygen atoms in total. The van der Waals surface area contributed by atoms with Crippen LogP contribution in [0.25, 0.3) is 10.9 Å². The zero-order chi connectivity index (χ0) is 19.2. The van der Waals surface area contributed by atoms with Crippen LogP contribution in [0.2, 0.25) is 0 Å². The minimum atomic E-state index is 0.129. The Morgan fingerprint density at radius 2 is 1.96 bits per heavy atom. The molecule has 2 aromatic rings. The van der Waals surface area contributed by atoms with Crippen molar-refractivity contribution in [3.63, 3.8) is 0 Å². The van der Waals surface area contributed by atoms with Gasteiger partial charge in [-0.05, 0) is 62.5 Å². The maximum atomic E-state index is 12.3. The van der Waals surface area contributed by atoms with Crippen molar-refractivity contribution in [2.24, 2.45) is 5.92 Å². The summed E-state index contributed by atoms with van der Waals surface area (Å²) in [4.78, 5) is 14.8. The SMILES string of the molecule is O=C(CCC1CCNCC1)Nc1ccc2c(ccn2CCN2CCOCC2)c1. The fourth-order valence-corrected chi connectivity index (χ4v) is 4.28. The first-order chi connectivity index (χ1) is 13.8. The van der Waals surface area contributed by atoms with E-state index in [2.05, 4.69) is 44.5 Å². The first-order valence-electron chi connectivity index (χ1n) is 10.7. The van der Waals surface area contributed by atoms with Crippen LogP contribution in [-0.4, -0.2) is 61.3 Å². The topological polar surface area (TPSA) is 58.5 Å². The molecule has 2 saturated heterocycles. The second-order valence-electron chi connectivity index (χ2n) is 8.02. The van der Waals surface area contributed by atoms with Crippen LogP contribution in [-0.2, 0) is 16.1 Å². The Kier molecular flexibility index (Phi) is 6.62. The van der Waals surface area contributed by atoms with Crippen molar-refractivity contribution in [1.29, 1.82) is 0 Å². The fraction of sp³-hybridized carbons (Fsp3) is 0.591. The number of carbonyl (C=O) groups is 1. The third-order valence-corrected chi connectivity index (χ3v) is 6.05. The molecule has 2 aliphatic rings. The van der Waals surface area contributed by atoms with Gasteiger partial charge < -0.3 is 19.9 Å². The predicted octanol–water partition coefficient (Wildman–Crippen LogP) is 2.69. The Balaban J connectivity index is 1.29. The number of anilines is 1. The lowest BCUT2D eigenvalue weighted by Crippen LogP contribution is -2.38. The second-order valence-corrected chi connectivity index (χ2v) is 8.02. The summed E-state index contributed by atoms with van der Waals surface area (Å²) in [7, 11) is 0. The number of aromatic nitrogens is 1. The molecule has 4 rings (SSSR count). The van der Waals surface area contributed by atoms with Gasteiger partial charge in [0.1, 0.15) is 0 Å². The van der Waals surface area contributed by atoms with Crippen molar-refractivity contribution in [3.05, 3.63) is 30.5 Å². The quantitative estimate of drug-likeness (QED) is 0.771. The summed E-state index contributed by atoms with van der Waals surface area (Å²) >= 11 is 0. The molecule has 0 unspecified atom stereocenters. The maximum Gasteiger partial charge on any atom is 0.224 e. The number of fused-ring (bicyclic) bond motifs is 1. The number of hydrogen-bond donors (Lipinski definition) is 2. The average molecular weight is 385 g/mol. The van der Waals surface area contributed by atoms with Gasteiger partial charge in [-0.2, -0.15) is 0 Å². The molecule has 6 heteroatoms. The van der Waals surface area contributed by atoms with Gasteiger partial charge in [-0.1, -0.05) is 0 Å². The van der Waals surface area contributed by atoms with Crippen molar-refractivity contribution < 1.29 is 9.53 Å². The van der Waals surface area contributed by atoms with Crippen LogP contribution in [0.15, 0.2) is 30.5 Å². The lowest BCUT2D eigenvalue weighted by molar-refractivity contribution is -0.116. The number of nitrogens with zero attached hydrogens (tertiary/aromatic N) is 2. The first kappa shape index (κ1) is 19.4. The third-order valence-electron chi connectivity index (χ3n) is 6.05. The lowest BCUT2D eigenvalue weighted by Gasteiger charge is -2.26. The lowest BCUT2D eigenvalue weighted by atomic mass is 9.93. The van der Waals surface area contributed by atoms with Crippen molar-refractivity contribution in [3.8, 4) is 0 Å². The van der Waals surface area contributed by atoms with Crippen LogP contribution in [0.4, 0.5) is 5.69 Å². The van der Waals surface area contributed by atoms with Gasteiger partial charge in [0.15, 0.2) is 0 Å². The highest BCUT2D eigenvalue weighted by Gasteiger charge is 2.15. The number of carbonyl (C=O) groups excluding carboxylic acids is 1. The summed E-state index contributed by atoms with van der Waals surface area (Å²) in [6.07, 6.45) is 6.14. The van der Waals surface area contributed by atoms with E-state index < -0.39 is 0 Å². The second kappa shape index (κ2) is 9.54. The minimum absolute atomic E-state index is 0.129. The van der Waals surface area contributed by atoms with Gasteiger partial charge in [0.2, 0.25) is 5.91 Å². The van der Waals surface area contributed by atoms with Gasteiger partial charge in [-0.3, -0.25) is 9.69 Å². The van der Waals surface area contributed by atoms with Gasteiger partial charge in [0.25, 0.3) is 0 Å². The van der Waals surface area contributed by atoms with Crippen molar-refractivity contribution >= 4 is 22.5 Å². The number of amides is 1. The van der Waals surface area contributed by atoms with Crippen LogP contribution in [0.3, 0.4) is 0 Å². The number of nitrogens with one attached hydrogen (secondary N) is 2. The van der Waals surface area contributed by atoms with Crippen LogP contribution in [0.1, 0.15) is 25.7 Å². The Morgan fingerprint density at radius 1 is 1.14 bits per heavy atom. The Labute approximate surface area is 167 Å². The first-order valence-corrected chi connectivity index (χ1v) is 10.7. The maximum absolute atomic E-state index is 12.3. The molecule has 0 bridgehead atoms. The highest BCUT2D eigenvalue weighted by atomic mass is 16.5. The summed E-state index contributed by atoms with van der Waals surface area (Å²) in [6.45, 7) is 7.92. The summed E-state index contributed by atoms with van der Waals surface area (Å²) in [6, 6.07) is 8.37. The molecule has 28 heavy (non-hydrogen) atoms. The average Bonchev–Trinajstić information content (AvgIpc) is 3.14. The van der Waals surface area contributed by atoms with Gasteiger partial charge in [-0.15, -0.1) is 0 Å². The smallest absolute Gasteiger partial charge is 0.224 e. The van der Waals surface area contributed by atoms with E-state index in [0.717, 1.165) is 64.6 Å². The van der Waals surface area contributed by atoms with E-state index in [4.69, 9.17) is 4.74 Å². The van der Waals surface area contributed by atoms with Crippen molar-refractivity contribution in [1.82, 2.24) is 14.8 Å². The summed E-state index contributed by atoms with van der Waals surface area (Å²) in [5.41, 5.74) is 2.12. The van der Waals surface area contributed by atoms with E-state index in [1.165, 1.54) is 23.7 Å². The monoisotopic (exact) mass is 384 g/mol. The van der Waals surface area contributed by atoms with Crippen LogP contribution < -0.4 is 10.6 Å². The van der Waals surface area contributed by atoms with E-state index in [1.54, 1.807) is 0 Å². The molecule has 1 aromatic heterocycles. The van der Waals surface area contributed by atoms with E-state index in [-0.39, 0.29) is 5.91 Å². The van der Waals surface area contributed by atoms with Crippen LogP contribution in [0, 0.1) is 5.92 Å². The minimum Gasteiger partial charge on any atom is -0.379 e. The molecule has 2 N–H and O–H groups in total. The molecule has 0 atom stereocenters. The van der Waals surface area contributed by atoms with E-state index in [1.807, 2.05) is 6.07 Å². The van der Waals surface area contributed by atoms with Crippen LogP contribution >= 0.6 is 0 Å². The Hall–Kier alpha value is -1.89. The molecule has 0 aliphatic carbocycles. The number of hydrogen-bond acceptors (Lipinski definition) is 4. The largest absolute Gasteiger partial charge is 0.379 e. The van der Waals surface area contributed by atoms with Gasteiger partial charge in [0.05, 0.1) is 13.2 Å². The molecular weight excluding hydrogens is 352 g/mol. The van der Waals surface area contributed by atoms with Gasteiger partial charge >= 0.3 is 0 Å². The molecule has 0 radical (unpaired) electrons. The molecule has 1 amide bonds. The molecule has 2 aliphatic heterocycles. The zero-order valence-corrected chi connectivity index (χ0v) is 16.7. The standard InChI is InChI=1S/C22H32N4O2/c27-22(4-1-18-5-8-23-9-6-18)24-20-2-3-21-19(17-20)7-10-26(21)12-11-25-13-15-28-16-14-25/h2-3,7,10,17-18,23H,1,4-6,8-9,11-16H2,(H,24,27). The number of ether oxygens (including phenoxy) is 1. The number of piperidine rings is 1. The van der Waals surface area contributed by atoms with E-state index >= 15 is 0 Å². The fourth-order valence-electron chi connectivity index (χ4n) is 4.28. The molecule has 2 fully saturated rings.